The average molecular weight is 252 g/mol. The molecule has 1 heterocycles. The summed E-state index contributed by atoms with van der Waals surface area (Å²) in [6.07, 6.45) is 8.35. The minimum atomic E-state index is 0.397. The largest absolute Gasteiger partial charge is 0.341 e. The molecular weight excluding hydrogens is 224 g/mol. The normalized spacial score (nSPS) is 33.4. The number of hydrogen-bond donors (Lipinski definition) is 1. The SMILES string of the molecule is CNC1CCCN(C(=O)CC2CCCC(C)C2)C1. The van der Waals surface area contributed by atoms with E-state index in [1.54, 1.807) is 0 Å². The molecule has 1 saturated carbocycles. The second kappa shape index (κ2) is 6.55. The smallest absolute Gasteiger partial charge is 0.222 e. The van der Waals surface area contributed by atoms with Gasteiger partial charge in [0.25, 0.3) is 0 Å². The van der Waals surface area contributed by atoms with Gasteiger partial charge in [0, 0.05) is 25.6 Å². The minimum absolute atomic E-state index is 0.397. The maximum Gasteiger partial charge on any atom is 0.222 e. The summed E-state index contributed by atoms with van der Waals surface area (Å²) < 4.78 is 0. The topological polar surface area (TPSA) is 32.3 Å². The molecule has 1 aliphatic heterocycles. The first kappa shape index (κ1) is 13.9. The standard InChI is InChI=1S/C15H28N2O/c1-12-5-3-6-13(9-12)10-15(18)17-8-4-7-14(11-17)16-2/h12-14,16H,3-11H2,1-2H3. The Morgan fingerprint density at radius 3 is 2.83 bits per heavy atom. The first-order valence-corrected chi connectivity index (χ1v) is 7.64. The third-order valence-electron chi connectivity index (χ3n) is 4.69. The van der Waals surface area contributed by atoms with E-state index in [1.165, 1.54) is 32.1 Å². The summed E-state index contributed by atoms with van der Waals surface area (Å²) in [6, 6.07) is 0.507. The molecule has 0 aromatic heterocycles. The maximum atomic E-state index is 12.3. The molecule has 2 rings (SSSR count). The van der Waals surface area contributed by atoms with E-state index in [0.717, 1.165) is 31.8 Å². The van der Waals surface area contributed by atoms with Gasteiger partial charge in [-0.05, 0) is 44.6 Å². The summed E-state index contributed by atoms with van der Waals surface area (Å²) in [4.78, 5) is 14.4. The zero-order valence-corrected chi connectivity index (χ0v) is 12.0. The third kappa shape index (κ3) is 3.71. The van der Waals surface area contributed by atoms with Gasteiger partial charge in [-0.15, -0.1) is 0 Å². The fraction of sp³-hybridized carbons (Fsp3) is 0.933. The van der Waals surface area contributed by atoms with Crippen LogP contribution in [0.1, 0.15) is 51.9 Å². The fourth-order valence-corrected chi connectivity index (χ4v) is 3.56. The van der Waals surface area contributed by atoms with Crippen LogP contribution in [0.3, 0.4) is 0 Å². The van der Waals surface area contributed by atoms with E-state index in [0.29, 0.717) is 17.9 Å². The van der Waals surface area contributed by atoms with Gasteiger partial charge >= 0.3 is 0 Å². The van der Waals surface area contributed by atoms with Gasteiger partial charge in [-0.25, -0.2) is 0 Å². The molecule has 0 radical (unpaired) electrons. The number of piperidine rings is 1. The Balaban J connectivity index is 1.79. The first-order valence-electron chi connectivity index (χ1n) is 7.64. The summed E-state index contributed by atoms with van der Waals surface area (Å²) in [5, 5.41) is 3.31. The lowest BCUT2D eigenvalue weighted by molar-refractivity contribution is -0.133. The molecule has 1 amide bonds. The molecule has 3 nitrogen and oxygen atoms in total. The number of amides is 1. The number of nitrogens with one attached hydrogen (secondary N) is 1. The van der Waals surface area contributed by atoms with Crippen LogP contribution in [0.2, 0.25) is 0 Å². The molecule has 0 aromatic carbocycles. The highest BCUT2D eigenvalue weighted by Gasteiger charge is 2.26. The zero-order valence-electron chi connectivity index (χ0n) is 12.0. The Labute approximate surface area is 111 Å². The number of likely N-dealkylation sites (N-methyl/N-ethyl adjacent to an activating group) is 1. The highest BCUT2D eigenvalue weighted by Crippen LogP contribution is 2.31. The number of carbonyl (C=O) groups excluding carboxylic acids is 1. The van der Waals surface area contributed by atoms with Crippen molar-refractivity contribution in [1.29, 1.82) is 0 Å². The van der Waals surface area contributed by atoms with Gasteiger partial charge in [-0.3, -0.25) is 4.79 Å². The van der Waals surface area contributed by atoms with Crippen LogP contribution >= 0.6 is 0 Å². The number of carbonyl (C=O) groups is 1. The molecule has 1 saturated heterocycles. The Morgan fingerprint density at radius 1 is 1.28 bits per heavy atom. The predicted molar refractivity (Wildman–Crippen MR) is 74.4 cm³/mol. The van der Waals surface area contributed by atoms with Gasteiger partial charge in [0.15, 0.2) is 0 Å². The fourth-order valence-electron chi connectivity index (χ4n) is 3.56. The van der Waals surface area contributed by atoms with Crippen LogP contribution in [0.5, 0.6) is 0 Å². The van der Waals surface area contributed by atoms with Crippen LogP contribution in [0.4, 0.5) is 0 Å². The zero-order chi connectivity index (χ0) is 13.0. The highest BCUT2D eigenvalue weighted by molar-refractivity contribution is 5.76. The van der Waals surface area contributed by atoms with E-state index in [2.05, 4.69) is 17.1 Å². The van der Waals surface area contributed by atoms with Gasteiger partial charge in [0.2, 0.25) is 5.91 Å². The number of rotatable bonds is 3. The molecule has 1 N–H and O–H groups in total. The van der Waals surface area contributed by atoms with Crippen molar-refractivity contribution in [2.75, 3.05) is 20.1 Å². The highest BCUT2D eigenvalue weighted by atomic mass is 16.2. The van der Waals surface area contributed by atoms with E-state index in [4.69, 9.17) is 0 Å². The summed E-state index contributed by atoms with van der Waals surface area (Å²) >= 11 is 0. The summed E-state index contributed by atoms with van der Waals surface area (Å²) in [5.74, 6) is 1.87. The number of nitrogens with zero attached hydrogens (tertiary/aromatic N) is 1. The van der Waals surface area contributed by atoms with Crippen LogP contribution in [0.15, 0.2) is 0 Å². The van der Waals surface area contributed by atoms with Crippen molar-refractivity contribution >= 4 is 5.91 Å². The molecular formula is C15H28N2O. The van der Waals surface area contributed by atoms with Crippen molar-refractivity contribution in [3.63, 3.8) is 0 Å². The van der Waals surface area contributed by atoms with Crippen molar-refractivity contribution in [1.82, 2.24) is 10.2 Å². The molecule has 0 spiro atoms. The molecule has 18 heavy (non-hydrogen) atoms. The lowest BCUT2D eigenvalue weighted by Gasteiger charge is -2.34. The second-order valence-corrected chi connectivity index (χ2v) is 6.31. The van der Waals surface area contributed by atoms with Gasteiger partial charge < -0.3 is 10.2 Å². The molecule has 2 fully saturated rings. The van der Waals surface area contributed by atoms with Crippen molar-refractivity contribution in [2.24, 2.45) is 11.8 Å². The van der Waals surface area contributed by atoms with Crippen LogP contribution in [0, 0.1) is 11.8 Å². The van der Waals surface area contributed by atoms with E-state index >= 15 is 0 Å². The third-order valence-corrected chi connectivity index (χ3v) is 4.69. The molecule has 2 aliphatic rings. The predicted octanol–water partition coefficient (Wildman–Crippen LogP) is 2.41. The Hall–Kier alpha value is -0.570. The monoisotopic (exact) mass is 252 g/mol. The molecule has 1 aliphatic carbocycles. The van der Waals surface area contributed by atoms with Crippen LogP contribution < -0.4 is 5.32 Å². The number of hydrogen-bond acceptors (Lipinski definition) is 2. The average Bonchev–Trinajstić information content (AvgIpc) is 2.39. The van der Waals surface area contributed by atoms with Gasteiger partial charge in [-0.2, -0.15) is 0 Å². The Bertz CT molecular complexity index is 280. The van der Waals surface area contributed by atoms with Crippen molar-refractivity contribution in [2.45, 2.75) is 57.9 Å². The van der Waals surface area contributed by atoms with Crippen molar-refractivity contribution in [3.8, 4) is 0 Å². The number of likely N-dealkylation sites (tertiary alicyclic amines) is 1. The van der Waals surface area contributed by atoms with E-state index < -0.39 is 0 Å². The van der Waals surface area contributed by atoms with Gasteiger partial charge in [-0.1, -0.05) is 19.8 Å². The Kier molecular flexibility index (Phi) is 5.04. The van der Waals surface area contributed by atoms with Crippen molar-refractivity contribution < 1.29 is 4.79 Å². The van der Waals surface area contributed by atoms with Gasteiger partial charge in [0.1, 0.15) is 0 Å². The summed E-state index contributed by atoms with van der Waals surface area (Å²) in [7, 11) is 2.00. The maximum absolute atomic E-state index is 12.3. The molecule has 3 unspecified atom stereocenters. The Morgan fingerprint density at radius 2 is 2.11 bits per heavy atom. The summed E-state index contributed by atoms with van der Waals surface area (Å²) in [5.41, 5.74) is 0. The van der Waals surface area contributed by atoms with Gasteiger partial charge in [0.05, 0.1) is 0 Å². The lowest BCUT2D eigenvalue weighted by Crippen LogP contribution is -2.47. The van der Waals surface area contributed by atoms with Crippen LogP contribution in [0.25, 0.3) is 0 Å². The van der Waals surface area contributed by atoms with Crippen molar-refractivity contribution in [3.05, 3.63) is 0 Å². The first-order chi connectivity index (χ1) is 8.69. The minimum Gasteiger partial charge on any atom is -0.341 e. The van der Waals surface area contributed by atoms with Crippen LogP contribution in [-0.4, -0.2) is 37.0 Å². The lowest BCUT2D eigenvalue weighted by atomic mass is 9.80. The second-order valence-electron chi connectivity index (χ2n) is 6.31. The quantitative estimate of drug-likeness (QED) is 0.836. The molecule has 0 bridgehead atoms. The molecule has 0 aromatic rings. The van der Waals surface area contributed by atoms with E-state index in [1.807, 2.05) is 7.05 Å². The molecule has 3 heteroatoms. The van der Waals surface area contributed by atoms with Crippen LogP contribution in [-0.2, 0) is 4.79 Å². The summed E-state index contributed by atoms with van der Waals surface area (Å²) in [6.45, 7) is 4.21. The molecule has 104 valence electrons. The molecule has 3 atom stereocenters. The van der Waals surface area contributed by atoms with E-state index in [-0.39, 0.29) is 0 Å². The van der Waals surface area contributed by atoms with E-state index in [9.17, 15) is 4.79 Å².